The molecule has 1 amide bonds. The third kappa shape index (κ3) is 4.76. The number of rotatable bonds is 6. The van der Waals surface area contributed by atoms with Crippen molar-refractivity contribution in [2.75, 3.05) is 46.5 Å². The number of piperidine rings is 1. The first-order valence-corrected chi connectivity index (χ1v) is 11.9. The van der Waals surface area contributed by atoms with Gasteiger partial charge in [-0.3, -0.25) is 4.79 Å². The van der Waals surface area contributed by atoms with Crippen LogP contribution in [0.25, 0.3) is 0 Å². The molecule has 0 radical (unpaired) electrons. The molecule has 3 heterocycles. The van der Waals surface area contributed by atoms with Gasteiger partial charge in [-0.25, -0.2) is 13.4 Å². The van der Waals surface area contributed by atoms with Crippen molar-refractivity contribution in [3.8, 4) is 5.75 Å². The first-order chi connectivity index (χ1) is 15.0. The summed E-state index contributed by atoms with van der Waals surface area (Å²) < 4.78 is 40.4. The molecule has 9 nitrogen and oxygen atoms in total. The highest BCUT2D eigenvalue weighted by atomic mass is 32.2. The molecule has 0 saturated carbocycles. The van der Waals surface area contributed by atoms with Gasteiger partial charge in [-0.05, 0) is 30.5 Å². The Morgan fingerprint density at radius 1 is 1.19 bits per heavy atom. The van der Waals surface area contributed by atoms with E-state index in [1.807, 2.05) is 17.4 Å². The summed E-state index contributed by atoms with van der Waals surface area (Å²) in [6.45, 7) is 2.71. The van der Waals surface area contributed by atoms with Crippen molar-refractivity contribution < 1.29 is 22.7 Å². The van der Waals surface area contributed by atoms with Crippen molar-refractivity contribution in [1.82, 2.24) is 18.8 Å². The molecule has 0 bridgehead atoms. The van der Waals surface area contributed by atoms with Crippen molar-refractivity contribution >= 4 is 15.9 Å². The number of aromatic nitrogens is 2. The molecule has 0 atom stereocenters. The second kappa shape index (κ2) is 9.37. The summed E-state index contributed by atoms with van der Waals surface area (Å²) in [6.07, 6.45) is 7.45. The van der Waals surface area contributed by atoms with E-state index in [-0.39, 0.29) is 23.0 Å². The van der Waals surface area contributed by atoms with Crippen LogP contribution in [0.3, 0.4) is 0 Å². The Labute approximate surface area is 182 Å². The lowest BCUT2D eigenvalue weighted by Gasteiger charge is -2.32. The average molecular weight is 449 g/mol. The minimum absolute atomic E-state index is 0.00367. The number of benzene rings is 1. The Morgan fingerprint density at radius 2 is 1.94 bits per heavy atom. The molecule has 4 rings (SSSR count). The van der Waals surface area contributed by atoms with Crippen LogP contribution >= 0.6 is 0 Å². The summed E-state index contributed by atoms with van der Waals surface area (Å²) in [7, 11) is -2.28. The zero-order valence-electron chi connectivity index (χ0n) is 17.6. The number of ether oxygens (including phenoxy) is 2. The average Bonchev–Trinajstić information content (AvgIpc) is 3.35. The van der Waals surface area contributed by atoms with Gasteiger partial charge < -0.3 is 18.9 Å². The van der Waals surface area contributed by atoms with Crippen molar-refractivity contribution in [2.45, 2.75) is 30.2 Å². The fraction of sp³-hybridized carbons (Fsp3) is 0.524. The van der Waals surface area contributed by atoms with Gasteiger partial charge in [0.2, 0.25) is 15.9 Å². The minimum atomic E-state index is -3.73. The third-order valence-corrected chi connectivity index (χ3v) is 7.85. The number of sulfonamides is 1. The molecule has 2 saturated heterocycles. The van der Waals surface area contributed by atoms with E-state index in [1.54, 1.807) is 24.4 Å². The lowest BCUT2D eigenvalue weighted by molar-refractivity contribution is -0.131. The Balaban J connectivity index is 1.45. The lowest BCUT2D eigenvalue weighted by atomic mass is 10.0. The van der Waals surface area contributed by atoms with Gasteiger partial charge in [0.15, 0.2) is 0 Å². The smallest absolute Gasteiger partial charge is 0.246 e. The third-order valence-electron chi connectivity index (χ3n) is 5.93. The highest BCUT2D eigenvalue weighted by molar-refractivity contribution is 7.89. The summed E-state index contributed by atoms with van der Waals surface area (Å²) >= 11 is 0. The predicted molar refractivity (Wildman–Crippen MR) is 113 cm³/mol. The Morgan fingerprint density at radius 3 is 2.58 bits per heavy atom. The number of methoxy groups -OCH3 is 1. The van der Waals surface area contributed by atoms with E-state index in [0.717, 1.165) is 12.8 Å². The number of carbonyl (C=O) groups is 1. The summed E-state index contributed by atoms with van der Waals surface area (Å²) in [5.41, 5.74) is 0.661. The second-order valence-corrected chi connectivity index (χ2v) is 9.71. The van der Waals surface area contributed by atoms with Crippen molar-refractivity contribution in [1.29, 1.82) is 0 Å². The summed E-state index contributed by atoms with van der Waals surface area (Å²) in [4.78, 5) is 18.9. The van der Waals surface area contributed by atoms with Crippen LogP contribution in [0.2, 0.25) is 0 Å². The lowest BCUT2D eigenvalue weighted by Crippen LogP contribution is -2.41. The van der Waals surface area contributed by atoms with Gasteiger partial charge in [-0.2, -0.15) is 4.31 Å². The molecule has 10 heteroatoms. The van der Waals surface area contributed by atoms with E-state index >= 15 is 0 Å². The number of carbonyl (C=O) groups excluding carboxylic acids is 1. The number of amides is 1. The normalized spacial score (nSPS) is 18.8. The zero-order chi connectivity index (χ0) is 21.8. The van der Waals surface area contributed by atoms with Crippen LogP contribution in [-0.4, -0.2) is 79.6 Å². The first-order valence-electron chi connectivity index (χ1n) is 10.5. The van der Waals surface area contributed by atoms with E-state index in [9.17, 15) is 13.2 Å². The Bertz CT molecular complexity index is 995. The topological polar surface area (TPSA) is 94.0 Å². The van der Waals surface area contributed by atoms with Crippen LogP contribution < -0.4 is 4.74 Å². The van der Waals surface area contributed by atoms with Crippen molar-refractivity contribution in [3.63, 3.8) is 0 Å². The van der Waals surface area contributed by atoms with Crippen LogP contribution in [0, 0.1) is 0 Å². The molecule has 0 spiro atoms. The van der Waals surface area contributed by atoms with Gasteiger partial charge in [-0.1, -0.05) is 6.07 Å². The highest BCUT2D eigenvalue weighted by Crippen LogP contribution is 2.29. The van der Waals surface area contributed by atoms with E-state index in [4.69, 9.17) is 9.47 Å². The molecular weight excluding hydrogens is 420 g/mol. The molecule has 2 fully saturated rings. The van der Waals surface area contributed by atoms with E-state index < -0.39 is 10.0 Å². The van der Waals surface area contributed by atoms with Gasteiger partial charge in [-0.15, -0.1) is 0 Å². The van der Waals surface area contributed by atoms with E-state index in [1.165, 1.54) is 11.4 Å². The quantitative estimate of drug-likeness (QED) is 0.662. The maximum absolute atomic E-state index is 13.1. The van der Waals surface area contributed by atoms with E-state index in [2.05, 4.69) is 9.55 Å². The molecule has 0 unspecified atom stereocenters. The number of hydrogen-bond donors (Lipinski definition) is 0. The van der Waals surface area contributed by atoms with Crippen LogP contribution in [0.1, 0.15) is 24.4 Å². The molecule has 0 aliphatic carbocycles. The maximum atomic E-state index is 13.1. The van der Waals surface area contributed by atoms with Crippen molar-refractivity contribution in [3.05, 3.63) is 42.5 Å². The fourth-order valence-corrected chi connectivity index (χ4v) is 5.76. The molecule has 31 heavy (non-hydrogen) atoms. The number of nitrogens with zero attached hydrogens (tertiary/aromatic N) is 4. The molecule has 1 aromatic heterocycles. The van der Waals surface area contributed by atoms with Gasteiger partial charge in [0.05, 0.1) is 33.1 Å². The van der Waals surface area contributed by atoms with Crippen molar-refractivity contribution in [2.24, 2.45) is 0 Å². The molecule has 1 aromatic carbocycles. The van der Waals surface area contributed by atoms with Gasteiger partial charge in [0.25, 0.3) is 0 Å². The zero-order valence-corrected chi connectivity index (χ0v) is 18.5. The molecule has 168 valence electrons. The highest BCUT2D eigenvalue weighted by Gasteiger charge is 2.30. The SMILES string of the molecule is COc1ccc(CC(=O)N2CCC(n3ccnc3)CC2)cc1S(=O)(=O)N1CCOCC1. The number of hydrogen-bond acceptors (Lipinski definition) is 6. The molecule has 2 aliphatic heterocycles. The maximum Gasteiger partial charge on any atom is 0.246 e. The summed E-state index contributed by atoms with van der Waals surface area (Å²) in [5, 5.41) is 0. The largest absolute Gasteiger partial charge is 0.495 e. The second-order valence-electron chi connectivity index (χ2n) is 7.80. The van der Waals surface area contributed by atoms with Crippen LogP contribution in [0.5, 0.6) is 5.75 Å². The number of imidazole rings is 1. The molecule has 2 aliphatic rings. The predicted octanol–water partition coefficient (Wildman–Crippen LogP) is 1.32. The number of morpholine rings is 1. The van der Waals surface area contributed by atoms with Crippen LogP contribution in [-0.2, 0) is 26.0 Å². The first kappa shape index (κ1) is 21.8. The van der Waals surface area contributed by atoms with Gasteiger partial charge in [0.1, 0.15) is 10.6 Å². The standard InChI is InChI=1S/C21H28N4O5S/c1-29-19-3-2-17(14-20(19)31(27,28)25-10-12-30-13-11-25)15-21(26)23-7-4-18(5-8-23)24-9-6-22-16-24/h2-3,6,9,14,16,18H,4-5,7-8,10-13,15H2,1H3. The van der Waals surface area contributed by atoms with Crippen LogP contribution in [0.15, 0.2) is 41.8 Å². The Kier molecular flexibility index (Phi) is 6.59. The van der Waals surface area contributed by atoms with Gasteiger partial charge >= 0.3 is 0 Å². The monoisotopic (exact) mass is 448 g/mol. The molecule has 2 aromatic rings. The molecule has 0 N–H and O–H groups in total. The van der Waals surface area contributed by atoms with Crippen LogP contribution in [0.4, 0.5) is 0 Å². The summed E-state index contributed by atoms with van der Waals surface area (Å²) in [6, 6.07) is 5.31. The molecular formula is C21H28N4O5S. The number of likely N-dealkylation sites (tertiary alicyclic amines) is 1. The minimum Gasteiger partial charge on any atom is -0.495 e. The van der Waals surface area contributed by atoms with Gasteiger partial charge in [0, 0.05) is 44.6 Å². The fourth-order valence-electron chi connectivity index (χ4n) is 4.14. The summed E-state index contributed by atoms with van der Waals surface area (Å²) in [5.74, 6) is 0.285. The Hall–Kier alpha value is -2.43. The van der Waals surface area contributed by atoms with E-state index in [0.29, 0.717) is 51.0 Å².